The monoisotopic (exact) mass is 413 g/mol. The van der Waals surface area contributed by atoms with E-state index in [9.17, 15) is 4.79 Å². The number of hydrogen-bond acceptors (Lipinski definition) is 5. The van der Waals surface area contributed by atoms with Crippen LogP contribution in [0.2, 0.25) is 0 Å². The molecule has 2 saturated heterocycles. The Kier molecular flexibility index (Phi) is 6.71. The molecule has 2 aliphatic rings. The average Bonchev–Trinajstić information content (AvgIpc) is 3.37. The summed E-state index contributed by atoms with van der Waals surface area (Å²) in [4.78, 5) is 24.9. The first-order valence-corrected chi connectivity index (χ1v) is 11.3. The molecule has 7 nitrogen and oxygen atoms in total. The second-order valence-corrected chi connectivity index (χ2v) is 9.01. The molecular weight excluding hydrogens is 378 g/mol. The fourth-order valence-electron chi connectivity index (χ4n) is 4.81. The van der Waals surface area contributed by atoms with E-state index in [0.29, 0.717) is 44.5 Å². The number of fused-ring (bicyclic) bond motifs is 1. The molecule has 1 atom stereocenters. The normalized spacial score (nSPS) is 19.1. The van der Waals surface area contributed by atoms with E-state index >= 15 is 0 Å². The van der Waals surface area contributed by atoms with E-state index in [-0.39, 0.29) is 5.91 Å². The third kappa shape index (κ3) is 4.68. The third-order valence-electron chi connectivity index (χ3n) is 6.26. The highest BCUT2D eigenvalue weighted by molar-refractivity contribution is 5.94. The Morgan fingerprint density at radius 1 is 1.23 bits per heavy atom. The van der Waals surface area contributed by atoms with Crippen LogP contribution in [-0.4, -0.2) is 89.5 Å². The summed E-state index contributed by atoms with van der Waals surface area (Å²) in [6, 6.07) is 4.09. The molecule has 0 bridgehead atoms. The topological polar surface area (TPSA) is 53.3 Å². The van der Waals surface area contributed by atoms with Crippen LogP contribution in [0.3, 0.4) is 0 Å². The summed E-state index contributed by atoms with van der Waals surface area (Å²) in [5, 5.41) is 0. The molecule has 7 heteroatoms. The lowest BCUT2D eigenvalue weighted by molar-refractivity contribution is 0.0298. The van der Waals surface area contributed by atoms with E-state index in [4.69, 9.17) is 9.72 Å². The van der Waals surface area contributed by atoms with Gasteiger partial charge in [-0.25, -0.2) is 4.98 Å². The molecule has 2 aliphatic heterocycles. The number of ether oxygens (including phenoxy) is 1. The minimum atomic E-state index is 0.0231. The zero-order valence-electron chi connectivity index (χ0n) is 18.6. The number of aryl methyl sites for hydroxylation is 1. The number of morpholine rings is 1. The van der Waals surface area contributed by atoms with E-state index in [1.54, 1.807) is 0 Å². The highest BCUT2D eigenvalue weighted by Gasteiger charge is 2.26. The molecule has 0 radical (unpaired) electrons. The van der Waals surface area contributed by atoms with Crippen LogP contribution in [0.15, 0.2) is 18.3 Å². The number of nitrogens with zero attached hydrogens (tertiary/aromatic N) is 5. The summed E-state index contributed by atoms with van der Waals surface area (Å²) in [6.45, 7) is 12.2. The van der Waals surface area contributed by atoms with Gasteiger partial charge in [0.2, 0.25) is 0 Å². The smallest absolute Gasteiger partial charge is 0.274 e. The molecule has 4 heterocycles. The zero-order valence-corrected chi connectivity index (χ0v) is 18.6. The van der Waals surface area contributed by atoms with Gasteiger partial charge in [0.1, 0.15) is 5.65 Å². The number of imidazole rings is 1. The molecule has 4 rings (SSSR count). The summed E-state index contributed by atoms with van der Waals surface area (Å²) in [5.74, 6) is 0.613. The largest absolute Gasteiger partial charge is 0.378 e. The Balaban J connectivity index is 1.53. The summed E-state index contributed by atoms with van der Waals surface area (Å²) in [6.07, 6.45) is 4.69. The van der Waals surface area contributed by atoms with E-state index in [1.807, 2.05) is 17.2 Å². The van der Waals surface area contributed by atoms with Gasteiger partial charge in [0.15, 0.2) is 5.69 Å². The Morgan fingerprint density at radius 2 is 1.97 bits per heavy atom. The average molecular weight is 414 g/mol. The number of aromatic nitrogens is 2. The van der Waals surface area contributed by atoms with Crippen molar-refractivity contribution in [1.29, 1.82) is 0 Å². The Bertz CT molecular complexity index is 868. The molecule has 2 fully saturated rings. The molecule has 0 N–H and O–H groups in total. The van der Waals surface area contributed by atoms with Crippen molar-refractivity contribution >= 4 is 11.6 Å². The number of likely N-dealkylation sites (tertiary alicyclic amines) is 1. The Hall–Kier alpha value is -1.96. The molecule has 0 aromatic carbocycles. The maximum Gasteiger partial charge on any atom is 0.274 e. The van der Waals surface area contributed by atoms with Crippen molar-refractivity contribution < 1.29 is 9.53 Å². The SMILES string of the molecule is Cc1cccn2c(CN(C)CC(C)CN3CCCC3)c(C(=O)N3CCOCC3)nc12. The number of amides is 1. The first-order chi connectivity index (χ1) is 14.5. The Labute approximate surface area is 179 Å². The first-order valence-electron chi connectivity index (χ1n) is 11.3. The molecule has 164 valence electrons. The van der Waals surface area contributed by atoms with Crippen LogP contribution in [0.4, 0.5) is 0 Å². The predicted octanol–water partition coefficient (Wildman–Crippen LogP) is 2.28. The molecule has 1 unspecified atom stereocenters. The molecule has 2 aromatic rings. The van der Waals surface area contributed by atoms with Gasteiger partial charge in [-0.1, -0.05) is 13.0 Å². The lowest BCUT2D eigenvalue weighted by Crippen LogP contribution is -2.41. The molecule has 1 amide bonds. The van der Waals surface area contributed by atoms with E-state index < -0.39 is 0 Å². The van der Waals surface area contributed by atoms with Crippen LogP contribution in [0.25, 0.3) is 5.65 Å². The standard InChI is InChI=1S/C23H35N5O2/c1-18(16-26-8-4-5-9-26)15-25(3)17-20-21(23(29)27-11-13-30-14-12-27)24-22-19(2)7-6-10-28(20)22/h6-7,10,18H,4-5,8-9,11-17H2,1-3H3. The molecular formula is C23H35N5O2. The first kappa shape index (κ1) is 21.3. The number of rotatable bonds is 7. The molecule has 0 spiro atoms. The van der Waals surface area contributed by atoms with Crippen LogP contribution in [-0.2, 0) is 11.3 Å². The molecule has 2 aromatic heterocycles. The van der Waals surface area contributed by atoms with E-state index in [0.717, 1.165) is 30.0 Å². The van der Waals surface area contributed by atoms with Gasteiger partial charge in [0, 0.05) is 38.9 Å². The van der Waals surface area contributed by atoms with Gasteiger partial charge in [-0.3, -0.25) is 4.79 Å². The van der Waals surface area contributed by atoms with Crippen molar-refractivity contribution in [1.82, 2.24) is 24.1 Å². The van der Waals surface area contributed by atoms with Crippen LogP contribution in [0.5, 0.6) is 0 Å². The van der Waals surface area contributed by atoms with E-state index in [1.165, 1.54) is 25.9 Å². The second kappa shape index (κ2) is 9.45. The van der Waals surface area contributed by atoms with Gasteiger partial charge in [-0.2, -0.15) is 0 Å². The quantitative estimate of drug-likeness (QED) is 0.697. The van der Waals surface area contributed by atoms with Crippen LogP contribution < -0.4 is 0 Å². The van der Waals surface area contributed by atoms with Crippen LogP contribution >= 0.6 is 0 Å². The van der Waals surface area contributed by atoms with Gasteiger partial charge in [-0.15, -0.1) is 0 Å². The predicted molar refractivity (Wildman–Crippen MR) is 118 cm³/mol. The minimum Gasteiger partial charge on any atom is -0.378 e. The summed E-state index contributed by atoms with van der Waals surface area (Å²) in [5.41, 5.74) is 3.54. The number of carbonyl (C=O) groups is 1. The zero-order chi connectivity index (χ0) is 21.1. The molecule has 0 saturated carbocycles. The van der Waals surface area contributed by atoms with Gasteiger partial charge < -0.3 is 23.8 Å². The fourth-order valence-corrected chi connectivity index (χ4v) is 4.81. The maximum absolute atomic E-state index is 13.3. The van der Waals surface area contributed by atoms with Crippen molar-refractivity contribution in [2.24, 2.45) is 5.92 Å². The van der Waals surface area contributed by atoms with Crippen molar-refractivity contribution in [3.63, 3.8) is 0 Å². The van der Waals surface area contributed by atoms with Crippen LogP contribution in [0, 0.1) is 12.8 Å². The summed E-state index contributed by atoms with van der Waals surface area (Å²) in [7, 11) is 2.15. The van der Waals surface area contributed by atoms with Crippen LogP contribution in [0.1, 0.15) is 41.5 Å². The van der Waals surface area contributed by atoms with Crippen molar-refractivity contribution in [3.05, 3.63) is 35.3 Å². The summed E-state index contributed by atoms with van der Waals surface area (Å²) >= 11 is 0. The molecule has 0 aliphatic carbocycles. The van der Waals surface area contributed by atoms with Gasteiger partial charge in [-0.05, 0) is 57.5 Å². The summed E-state index contributed by atoms with van der Waals surface area (Å²) < 4.78 is 7.53. The maximum atomic E-state index is 13.3. The van der Waals surface area contributed by atoms with Gasteiger partial charge in [0.05, 0.1) is 18.9 Å². The third-order valence-corrected chi connectivity index (χ3v) is 6.26. The Morgan fingerprint density at radius 3 is 2.70 bits per heavy atom. The lowest BCUT2D eigenvalue weighted by Gasteiger charge is -2.27. The van der Waals surface area contributed by atoms with Gasteiger partial charge >= 0.3 is 0 Å². The number of pyridine rings is 1. The van der Waals surface area contributed by atoms with Crippen molar-refractivity contribution in [3.8, 4) is 0 Å². The number of carbonyl (C=O) groups excluding carboxylic acids is 1. The minimum absolute atomic E-state index is 0.0231. The van der Waals surface area contributed by atoms with Crippen molar-refractivity contribution in [2.75, 3.05) is 59.5 Å². The van der Waals surface area contributed by atoms with Crippen molar-refractivity contribution in [2.45, 2.75) is 33.2 Å². The fraction of sp³-hybridized carbons (Fsp3) is 0.652. The lowest BCUT2D eigenvalue weighted by atomic mass is 10.1. The number of hydrogen-bond donors (Lipinski definition) is 0. The highest BCUT2D eigenvalue weighted by Crippen LogP contribution is 2.20. The molecule has 30 heavy (non-hydrogen) atoms. The van der Waals surface area contributed by atoms with Gasteiger partial charge in [0.25, 0.3) is 5.91 Å². The van der Waals surface area contributed by atoms with E-state index in [2.05, 4.69) is 41.2 Å². The second-order valence-electron chi connectivity index (χ2n) is 9.01. The highest BCUT2D eigenvalue weighted by atomic mass is 16.5.